The first-order valence-corrected chi connectivity index (χ1v) is 8.86. The molecule has 0 saturated heterocycles. The van der Waals surface area contributed by atoms with Crippen LogP contribution in [-0.4, -0.2) is 21.0 Å². The van der Waals surface area contributed by atoms with Gasteiger partial charge in [-0.15, -0.1) is 0 Å². The number of halogens is 1. The van der Waals surface area contributed by atoms with E-state index in [1.807, 2.05) is 24.3 Å². The highest BCUT2D eigenvalue weighted by atomic mass is 19.1. The van der Waals surface area contributed by atoms with E-state index in [9.17, 15) is 14.3 Å². The number of carboxylic acid groups (broad SMARTS) is 1. The van der Waals surface area contributed by atoms with Gasteiger partial charge in [-0.3, -0.25) is 14.8 Å². The number of aliphatic carboxylic acids is 1. The zero-order valence-electron chi connectivity index (χ0n) is 14.2. The van der Waals surface area contributed by atoms with Crippen molar-refractivity contribution in [2.45, 2.75) is 31.6 Å². The van der Waals surface area contributed by atoms with Crippen LogP contribution in [0.25, 0.3) is 22.2 Å². The van der Waals surface area contributed by atoms with Crippen LogP contribution in [0.5, 0.6) is 0 Å². The van der Waals surface area contributed by atoms with Gasteiger partial charge in [0.05, 0.1) is 17.1 Å². The summed E-state index contributed by atoms with van der Waals surface area (Å²) < 4.78 is 13.7. The molecule has 1 aliphatic carbocycles. The molecule has 2 aromatic heterocycles. The number of fused-ring (bicyclic) bond motifs is 1. The molecule has 0 atom stereocenters. The quantitative estimate of drug-likeness (QED) is 0.737. The van der Waals surface area contributed by atoms with Crippen LogP contribution in [0.1, 0.15) is 37.3 Å². The van der Waals surface area contributed by atoms with Crippen molar-refractivity contribution in [3.05, 3.63) is 60.2 Å². The monoisotopic (exact) mass is 350 g/mol. The van der Waals surface area contributed by atoms with Crippen molar-refractivity contribution in [3.8, 4) is 11.3 Å². The Morgan fingerprint density at radius 3 is 2.62 bits per heavy atom. The lowest BCUT2D eigenvalue weighted by Gasteiger charge is -2.26. The Morgan fingerprint density at radius 2 is 1.88 bits per heavy atom. The average molecular weight is 350 g/mol. The normalized spacial score (nSPS) is 20.2. The van der Waals surface area contributed by atoms with Crippen LogP contribution < -0.4 is 0 Å². The molecule has 132 valence electrons. The molecule has 1 N–H and O–H groups in total. The molecule has 4 rings (SSSR count). The second-order valence-electron chi connectivity index (χ2n) is 6.87. The van der Waals surface area contributed by atoms with Gasteiger partial charge in [0.25, 0.3) is 0 Å². The van der Waals surface area contributed by atoms with Crippen molar-refractivity contribution in [2.75, 3.05) is 0 Å². The Bertz CT molecular complexity index is 965. The van der Waals surface area contributed by atoms with E-state index in [1.165, 1.54) is 12.1 Å². The highest BCUT2D eigenvalue weighted by Crippen LogP contribution is 2.37. The van der Waals surface area contributed by atoms with Crippen molar-refractivity contribution in [2.24, 2.45) is 5.92 Å². The second kappa shape index (κ2) is 6.83. The molecular formula is C21H19FN2O2. The fourth-order valence-electron chi connectivity index (χ4n) is 3.79. The molecule has 0 aliphatic heterocycles. The third-order valence-electron chi connectivity index (χ3n) is 5.20. The fraction of sp³-hybridized carbons (Fsp3) is 0.286. The minimum Gasteiger partial charge on any atom is -0.481 e. The van der Waals surface area contributed by atoms with E-state index < -0.39 is 5.97 Å². The van der Waals surface area contributed by atoms with E-state index in [1.54, 1.807) is 12.3 Å². The van der Waals surface area contributed by atoms with Crippen LogP contribution in [-0.2, 0) is 4.79 Å². The van der Waals surface area contributed by atoms with E-state index in [-0.39, 0.29) is 17.7 Å². The minimum absolute atomic E-state index is 0.225. The summed E-state index contributed by atoms with van der Waals surface area (Å²) in [6.45, 7) is 0. The predicted molar refractivity (Wildman–Crippen MR) is 97.3 cm³/mol. The van der Waals surface area contributed by atoms with Gasteiger partial charge in [-0.25, -0.2) is 4.39 Å². The molecule has 1 fully saturated rings. The first kappa shape index (κ1) is 16.6. The third kappa shape index (κ3) is 3.17. The molecule has 0 bridgehead atoms. The number of nitrogens with zero attached hydrogens (tertiary/aromatic N) is 2. The lowest BCUT2D eigenvalue weighted by Crippen LogP contribution is -2.21. The highest BCUT2D eigenvalue weighted by molar-refractivity contribution is 5.91. The minimum atomic E-state index is -0.709. The van der Waals surface area contributed by atoms with Crippen LogP contribution in [0.4, 0.5) is 4.39 Å². The van der Waals surface area contributed by atoms with Gasteiger partial charge < -0.3 is 5.11 Å². The summed E-state index contributed by atoms with van der Waals surface area (Å²) in [6.07, 6.45) is 4.66. The van der Waals surface area contributed by atoms with E-state index in [4.69, 9.17) is 4.98 Å². The van der Waals surface area contributed by atoms with Crippen molar-refractivity contribution < 1.29 is 14.3 Å². The molecule has 3 aromatic rings. The van der Waals surface area contributed by atoms with Crippen molar-refractivity contribution >= 4 is 16.9 Å². The maximum Gasteiger partial charge on any atom is 0.306 e. The third-order valence-corrected chi connectivity index (χ3v) is 5.20. The molecule has 2 heterocycles. The Kier molecular flexibility index (Phi) is 4.37. The van der Waals surface area contributed by atoms with Crippen molar-refractivity contribution in [3.63, 3.8) is 0 Å². The highest BCUT2D eigenvalue weighted by Gasteiger charge is 2.28. The molecular weight excluding hydrogens is 331 g/mol. The van der Waals surface area contributed by atoms with E-state index >= 15 is 0 Å². The Balaban J connectivity index is 1.76. The van der Waals surface area contributed by atoms with E-state index in [0.29, 0.717) is 24.1 Å². The fourth-order valence-corrected chi connectivity index (χ4v) is 3.79. The first-order valence-electron chi connectivity index (χ1n) is 8.86. The molecule has 5 heteroatoms. The number of pyridine rings is 2. The van der Waals surface area contributed by atoms with Crippen molar-refractivity contribution in [1.82, 2.24) is 9.97 Å². The number of rotatable bonds is 3. The lowest BCUT2D eigenvalue weighted by molar-refractivity contribution is -0.142. The number of carbonyl (C=O) groups is 1. The van der Waals surface area contributed by atoms with Crippen LogP contribution in [0, 0.1) is 11.7 Å². The molecule has 4 nitrogen and oxygen atoms in total. The summed E-state index contributed by atoms with van der Waals surface area (Å²) in [5.74, 6) is -1.04. The number of hydrogen-bond acceptors (Lipinski definition) is 3. The molecule has 1 saturated carbocycles. The van der Waals surface area contributed by atoms with Crippen LogP contribution >= 0.6 is 0 Å². The van der Waals surface area contributed by atoms with Crippen LogP contribution in [0.15, 0.2) is 48.7 Å². The maximum absolute atomic E-state index is 13.7. The van der Waals surface area contributed by atoms with E-state index in [2.05, 4.69) is 4.98 Å². The molecule has 0 spiro atoms. The Hall–Kier alpha value is -2.82. The standard InChI is InChI=1S/C21H19FN2O2/c22-17-5-1-3-15(11-17)20-19-16(4-2-10-23-19)12-18(24-20)13-6-8-14(9-7-13)21(25)26/h1-5,10-14H,6-9H2,(H,25,26)/t13-,14-. The summed E-state index contributed by atoms with van der Waals surface area (Å²) in [6, 6.07) is 12.3. The Morgan fingerprint density at radius 1 is 1.08 bits per heavy atom. The van der Waals surface area contributed by atoms with Gasteiger partial charge in [0.2, 0.25) is 0 Å². The average Bonchev–Trinajstić information content (AvgIpc) is 2.67. The summed E-state index contributed by atoms with van der Waals surface area (Å²) in [5, 5.41) is 10.2. The van der Waals surface area contributed by atoms with Gasteiger partial charge in [0.1, 0.15) is 5.82 Å². The zero-order valence-corrected chi connectivity index (χ0v) is 14.2. The predicted octanol–water partition coefficient (Wildman–Crippen LogP) is 4.79. The summed E-state index contributed by atoms with van der Waals surface area (Å²) in [5.41, 5.74) is 3.07. The SMILES string of the molecule is O=C(O)[C@H]1CC[C@H](c2cc3cccnc3c(-c3cccc(F)c3)n2)CC1. The smallest absolute Gasteiger partial charge is 0.306 e. The number of carboxylic acids is 1. The van der Waals surface area contributed by atoms with Crippen molar-refractivity contribution in [1.29, 1.82) is 0 Å². The van der Waals surface area contributed by atoms with Gasteiger partial charge in [-0.05, 0) is 49.9 Å². The van der Waals surface area contributed by atoms with Gasteiger partial charge >= 0.3 is 5.97 Å². The van der Waals surface area contributed by atoms with E-state index in [0.717, 1.165) is 29.4 Å². The molecule has 0 amide bonds. The number of hydrogen-bond donors (Lipinski definition) is 1. The van der Waals surface area contributed by atoms with Gasteiger partial charge in [-0.2, -0.15) is 0 Å². The summed E-state index contributed by atoms with van der Waals surface area (Å²) >= 11 is 0. The summed E-state index contributed by atoms with van der Waals surface area (Å²) in [7, 11) is 0. The molecule has 26 heavy (non-hydrogen) atoms. The zero-order chi connectivity index (χ0) is 18.1. The van der Waals surface area contributed by atoms with Crippen LogP contribution in [0.3, 0.4) is 0 Å². The van der Waals surface area contributed by atoms with Gasteiger partial charge in [0, 0.05) is 28.8 Å². The topological polar surface area (TPSA) is 63.1 Å². The number of aromatic nitrogens is 2. The van der Waals surface area contributed by atoms with Crippen LogP contribution in [0.2, 0.25) is 0 Å². The number of benzene rings is 1. The molecule has 0 unspecified atom stereocenters. The largest absolute Gasteiger partial charge is 0.481 e. The molecule has 0 radical (unpaired) electrons. The van der Waals surface area contributed by atoms with Gasteiger partial charge in [-0.1, -0.05) is 18.2 Å². The Labute approximate surface area is 150 Å². The first-order chi connectivity index (χ1) is 12.6. The van der Waals surface area contributed by atoms with Gasteiger partial charge in [0.15, 0.2) is 0 Å². The second-order valence-corrected chi connectivity index (χ2v) is 6.87. The summed E-state index contributed by atoms with van der Waals surface area (Å²) in [4.78, 5) is 20.5. The maximum atomic E-state index is 13.7. The molecule has 1 aromatic carbocycles. The molecule has 1 aliphatic rings. The lowest BCUT2D eigenvalue weighted by atomic mass is 9.80.